The smallest absolute Gasteiger partial charge is 0.143 e. The number of Topliss-reactive ketones (excluding diaryl/α,β-unsaturated/α-hetero) is 1. The molecular weight excluding hydrogens is 218 g/mol. The number of hydrogen-bond acceptors (Lipinski definition) is 3. The molecule has 0 unspecified atom stereocenters. The van der Waals surface area contributed by atoms with Crippen molar-refractivity contribution in [3.63, 3.8) is 0 Å². The molecule has 0 aliphatic carbocycles. The number of ketones is 1. The van der Waals surface area contributed by atoms with Crippen LogP contribution in [0.4, 0.5) is 0 Å². The molecule has 0 spiro atoms. The lowest BCUT2D eigenvalue weighted by Crippen LogP contribution is -2.14. The van der Waals surface area contributed by atoms with Gasteiger partial charge in [0, 0.05) is 11.3 Å². The van der Waals surface area contributed by atoms with Crippen LogP contribution >= 0.6 is 11.8 Å². The molecule has 0 fully saturated rings. The molecule has 0 bridgehead atoms. The van der Waals surface area contributed by atoms with E-state index in [0.717, 1.165) is 13.0 Å². The number of thioether (sulfide) groups is 1. The van der Waals surface area contributed by atoms with Gasteiger partial charge in [-0.05, 0) is 39.2 Å². The van der Waals surface area contributed by atoms with Crippen molar-refractivity contribution in [2.24, 2.45) is 0 Å². The molecule has 0 aliphatic heterocycles. The van der Waals surface area contributed by atoms with Crippen molar-refractivity contribution in [3.8, 4) is 0 Å². The van der Waals surface area contributed by atoms with Crippen molar-refractivity contribution >= 4 is 17.5 Å². The number of carbonyl (C=O) groups is 1. The van der Waals surface area contributed by atoms with Gasteiger partial charge < -0.3 is 4.90 Å². The summed E-state index contributed by atoms with van der Waals surface area (Å²) in [6.07, 6.45) is 1.65. The Bertz CT molecular complexity index is 311. The fourth-order valence-electron chi connectivity index (χ4n) is 1.35. The molecular formula is C13H19NOS. The van der Waals surface area contributed by atoms with E-state index in [2.05, 4.69) is 4.90 Å². The summed E-state index contributed by atoms with van der Waals surface area (Å²) in [4.78, 5) is 14.8. The molecule has 3 heteroatoms. The second-order valence-electron chi connectivity index (χ2n) is 4.05. The quantitative estimate of drug-likeness (QED) is 0.680. The standard InChI is InChI=1S/C13H19NOS/c1-14(2)10-6-7-12(15)11-16-13-8-4-3-5-9-13/h3-5,8-9H,6-7,10-11H2,1-2H3. The number of carbonyl (C=O) groups excluding carboxylic acids is 1. The first-order valence-corrected chi connectivity index (χ1v) is 6.51. The molecule has 0 aliphatic rings. The van der Waals surface area contributed by atoms with Gasteiger partial charge in [0.25, 0.3) is 0 Å². The van der Waals surface area contributed by atoms with Crippen LogP contribution in [0.15, 0.2) is 35.2 Å². The van der Waals surface area contributed by atoms with E-state index in [1.54, 1.807) is 11.8 Å². The first kappa shape index (κ1) is 13.3. The van der Waals surface area contributed by atoms with Gasteiger partial charge in [-0.25, -0.2) is 0 Å². The molecule has 1 aromatic carbocycles. The zero-order valence-electron chi connectivity index (χ0n) is 9.98. The van der Waals surface area contributed by atoms with Crippen LogP contribution < -0.4 is 0 Å². The lowest BCUT2D eigenvalue weighted by molar-refractivity contribution is -0.116. The van der Waals surface area contributed by atoms with Crippen molar-refractivity contribution in [2.45, 2.75) is 17.7 Å². The van der Waals surface area contributed by atoms with Gasteiger partial charge in [0.2, 0.25) is 0 Å². The molecule has 0 N–H and O–H groups in total. The van der Waals surface area contributed by atoms with Crippen molar-refractivity contribution in [1.82, 2.24) is 4.90 Å². The minimum atomic E-state index is 0.343. The summed E-state index contributed by atoms with van der Waals surface area (Å²) in [6.45, 7) is 0.988. The summed E-state index contributed by atoms with van der Waals surface area (Å²) < 4.78 is 0. The molecule has 16 heavy (non-hydrogen) atoms. The SMILES string of the molecule is CN(C)CCCC(=O)CSc1ccccc1. The lowest BCUT2D eigenvalue weighted by Gasteiger charge is -2.08. The Morgan fingerprint density at radius 2 is 1.94 bits per heavy atom. The number of hydrogen-bond donors (Lipinski definition) is 0. The van der Waals surface area contributed by atoms with Crippen molar-refractivity contribution in [1.29, 1.82) is 0 Å². The highest BCUT2D eigenvalue weighted by Crippen LogP contribution is 2.17. The minimum absolute atomic E-state index is 0.343. The normalized spacial score (nSPS) is 10.7. The first-order valence-electron chi connectivity index (χ1n) is 5.53. The molecule has 0 heterocycles. The summed E-state index contributed by atoms with van der Waals surface area (Å²) in [5.41, 5.74) is 0. The third-order valence-corrected chi connectivity index (χ3v) is 3.28. The van der Waals surface area contributed by atoms with E-state index in [-0.39, 0.29) is 0 Å². The zero-order valence-corrected chi connectivity index (χ0v) is 10.8. The maximum absolute atomic E-state index is 11.6. The van der Waals surface area contributed by atoms with Gasteiger partial charge in [-0.2, -0.15) is 0 Å². The van der Waals surface area contributed by atoms with Crippen LogP contribution in [0.3, 0.4) is 0 Å². The van der Waals surface area contributed by atoms with E-state index in [1.165, 1.54) is 4.90 Å². The second-order valence-corrected chi connectivity index (χ2v) is 5.10. The van der Waals surface area contributed by atoms with Crippen molar-refractivity contribution in [3.05, 3.63) is 30.3 Å². The van der Waals surface area contributed by atoms with Gasteiger partial charge in [0.05, 0.1) is 5.75 Å². The highest BCUT2D eigenvalue weighted by Gasteiger charge is 2.03. The van der Waals surface area contributed by atoms with Crippen LogP contribution in [0.1, 0.15) is 12.8 Å². The van der Waals surface area contributed by atoms with E-state index >= 15 is 0 Å². The third-order valence-electron chi connectivity index (χ3n) is 2.20. The van der Waals surface area contributed by atoms with E-state index in [0.29, 0.717) is 18.0 Å². The van der Waals surface area contributed by atoms with Gasteiger partial charge in [0.15, 0.2) is 0 Å². The topological polar surface area (TPSA) is 20.3 Å². The van der Waals surface area contributed by atoms with Crippen molar-refractivity contribution < 1.29 is 4.79 Å². The molecule has 2 nitrogen and oxygen atoms in total. The van der Waals surface area contributed by atoms with Crippen LogP contribution in [-0.2, 0) is 4.79 Å². The Hall–Kier alpha value is -0.800. The molecule has 1 aromatic rings. The summed E-state index contributed by atoms with van der Waals surface area (Å²) in [6, 6.07) is 10.1. The van der Waals surface area contributed by atoms with Gasteiger partial charge in [0.1, 0.15) is 5.78 Å². The summed E-state index contributed by atoms with van der Waals surface area (Å²) in [5, 5.41) is 0. The molecule has 0 amide bonds. The minimum Gasteiger partial charge on any atom is -0.309 e. The predicted molar refractivity (Wildman–Crippen MR) is 70.0 cm³/mol. The van der Waals surface area contributed by atoms with Gasteiger partial charge in [-0.15, -0.1) is 11.8 Å². The molecule has 0 radical (unpaired) electrons. The van der Waals surface area contributed by atoms with E-state index in [4.69, 9.17) is 0 Å². The zero-order chi connectivity index (χ0) is 11.8. The maximum atomic E-state index is 11.6. The number of rotatable bonds is 7. The lowest BCUT2D eigenvalue weighted by atomic mass is 10.2. The van der Waals surface area contributed by atoms with Crippen LogP contribution in [0.25, 0.3) is 0 Å². The molecule has 0 saturated carbocycles. The Balaban J connectivity index is 2.16. The molecule has 0 atom stereocenters. The summed E-state index contributed by atoms with van der Waals surface area (Å²) >= 11 is 1.62. The fraction of sp³-hybridized carbons (Fsp3) is 0.462. The Morgan fingerprint density at radius 3 is 2.56 bits per heavy atom. The van der Waals surface area contributed by atoms with E-state index < -0.39 is 0 Å². The monoisotopic (exact) mass is 237 g/mol. The van der Waals surface area contributed by atoms with Crippen LogP contribution in [0, 0.1) is 0 Å². The van der Waals surface area contributed by atoms with Crippen LogP contribution in [0.2, 0.25) is 0 Å². The average molecular weight is 237 g/mol. The van der Waals surface area contributed by atoms with Crippen molar-refractivity contribution in [2.75, 3.05) is 26.4 Å². The van der Waals surface area contributed by atoms with Crippen LogP contribution in [-0.4, -0.2) is 37.1 Å². The number of nitrogens with zero attached hydrogens (tertiary/aromatic N) is 1. The van der Waals surface area contributed by atoms with Gasteiger partial charge in [-0.1, -0.05) is 18.2 Å². The maximum Gasteiger partial charge on any atom is 0.143 e. The molecule has 1 rings (SSSR count). The highest BCUT2D eigenvalue weighted by molar-refractivity contribution is 8.00. The Kier molecular flexibility index (Phi) is 6.19. The van der Waals surface area contributed by atoms with E-state index in [9.17, 15) is 4.79 Å². The first-order chi connectivity index (χ1) is 7.68. The Morgan fingerprint density at radius 1 is 1.25 bits per heavy atom. The molecule has 0 aromatic heterocycles. The number of benzene rings is 1. The summed E-state index contributed by atoms with van der Waals surface area (Å²) in [5.74, 6) is 0.938. The molecule has 0 saturated heterocycles. The van der Waals surface area contributed by atoms with Gasteiger partial charge >= 0.3 is 0 Å². The summed E-state index contributed by atoms with van der Waals surface area (Å²) in [7, 11) is 4.06. The predicted octanol–water partition coefficient (Wildman–Crippen LogP) is 2.69. The Labute approximate surface area is 102 Å². The second kappa shape index (κ2) is 7.47. The largest absolute Gasteiger partial charge is 0.309 e. The average Bonchev–Trinajstić information content (AvgIpc) is 2.27. The van der Waals surface area contributed by atoms with Gasteiger partial charge in [-0.3, -0.25) is 4.79 Å². The highest BCUT2D eigenvalue weighted by atomic mass is 32.2. The molecule has 88 valence electrons. The third kappa shape index (κ3) is 5.93. The van der Waals surface area contributed by atoms with E-state index in [1.807, 2.05) is 44.4 Å². The van der Waals surface area contributed by atoms with Crippen LogP contribution in [0.5, 0.6) is 0 Å². The fourth-order valence-corrected chi connectivity index (χ4v) is 2.17.